The number of hydrogen-bond donors (Lipinski definition) is 0. The standard InChI is InChI=1S/C60H36N2OS/c1-2-10-37(11-3-1)38-18-20-39(21-19-38)40-22-26-43(27-23-40)62-55-32-25-42(35-51(55)48-29-30-49-47-14-6-9-17-58(47)64-60(49)59(48)62)41-24-31-54-50(34-41)45-12-4-7-15-53(45)61(54)44-28-33-57-52(36-44)46-13-5-8-16-56(46)63-57/h1-36H. The highest BCUT2D eigenvalue weighted by atomic mass is 32.1. The van der Waals surface area contributed by atoms with Crippen molar-refractivity contribution in [2.45, 2.75) is 0 Å². The Kier molecular flexibility index (Phi) is 7.56. The fourth-order valence-corrected chi connectivity index (χ4v) is 11.5. The third-order valence-corrected chi connectivity index (χ3v) is 14.5. The van der Waals surface area contributed by atoms with Crippen LogP contribution in [0.4, 0.5) is 0 Å². The highest BCUT2D eigenvalue weighted by Gasteiger charge is 2.20. The molecule has 14 aromatic rings. The van der Waals surface area contributed by atoms with Crippen LogP contribution in [-0.4, -0.2) is 9.13 Å². The lowest BCUT2D eigenvalue weighted by molar-refractivity contribution is 0.669. The molecule has 0 unspecified atom stereocenters. The van der Waals surface area contributed by atoms with E-state index in [2.05, 4.69) is 215 Å². The largest absolute Gasteiger partial charge is 0.456 e. The Bertz CT molecular complexity index is 4170. The van der Waals surface area contributed by atoms with Gasteiger partial charge in [0.1, 0.15) is 11.2 Å². The van der Waals surface area contributed by atoms with Gasteiger partial charge in [0, 0.05) is 59.2 Å². The minimum absolute atomic E-state index is 0.903. The zero-order valence-corrected chi connectivity index (χ0v) is 35.3. The van der Waals surface area contributed by atoms with Gasteiger partial charge in [-0.05, 0) is 106 Å². The Labute approximate surface area is 371 Å². The number of thiophene rings is 1. The van der Waals surface area contributed by atoms with Gasteiger partial charge in [0.2, 0.25) is 0 Å². The molecule has 14 rings (SSSR count). The summed E-state index contributed by atoms with van der Waals surface area (Å²) in [7, 11) is 0. The number of rotatable bonds is 5. The Balaban J connectivity index is 0.920. The van der Waals surface area contributed by atoms with Crippen LogP contribution in [0.15, 0.2) is 223 Å². The van der Waals surface area contributed by atoms with Crippen molar-refractivity contribution in [3.8, 4) is 44.8 Å². The van der Waals surface area contributed by atoms with E-state index < -0.39 is 0 Å². The summed E-state index contributed by atoms with van der Waals surface area (Å²) in [4.78, 5) is 0. The highest BCUT2D eigenvalue weighted by molar-refractivity contribution is 7.26. The van der Waals surface area contributed by atoms with E-state index in [9.17, 15) is 0 Å². The van der Waals surface area contributed by atoms with E-state index in [4.69, 9.17) is 4.42 Å². The van der Waals surface area contributed by atoms with Crippen LogP contribution in [0.25, 0.3) is 130 Å². The van der Waals surface area contributed by atoms with E-state index >= 15 is 0 Å². The SMILES string of the molecule is c1ccc(-c2ccc(-c3ccc(-n4c5ccc(-c6ccc7c(c6)c6ccccc6n7-c6ccc7oc8ccccc8c7c6)cc5c5ccc6c7ccccc7sc6c54)cc3)cc2)cc1. The third kappa shape index (κ3) is 5.27. The van der Waals surface area contributed by atoms with Gasteiger partial charge in [-0.1, -0.05) is 146 Å². The van der Waals surface area contributed by atoms with E-state index in [0.717, 1.165) is 33.3 Å². The zero-order chi connectivity index (χ0) is 41.9. The average molecular weight is 833 g/mol. The molecule has 0 aliphatic heterocycles. The molecule has 10 aromatic carbocycles. The summed E-state index contributed by atoms with van der Waals surface area (Å²) < 4.78 is 13.7. The third-order valence-electron chi connectivity index (χ3n) is 13.3. The second-order valence-electron chi connectivity index (χ2n) is 16.9. The number of nitrogens with zero attached hydrogens (tertiary/aromatic N) is 2. The van der Waals surface area contributed by atoms with Crippen LogP contribution in [0.2, 0.25) is 0 Å². The second kappa shape index (κ2) is 13.7. The van der Waals surface area contributed by atoms with Crippen molar-refractivity contribution in [3.63, 3.8) is 0 Å². The molecule has 0 saturated heterocycles. The molecular formula is C60H36N2OS. The lowest BCUT2D eigenvalue weighted by atomic mass is 10.00. The van der Waals surface area contributed by atoms with Gasteiger partial charge >= 0.3 is 0 Å². The van der Waals surface area contributed by atoms with Crippen LogP contribution in [0.3, 0.4) is 0 Å². The molecular weight excluding hydrogens is 797 g/mol. The first-order valence-corrected chi connectivity index (χ1v) is 22.6. The Morgan fingerprint density at radius 2 is 0.828 bits per heavy atom. The molecule has 298 valence electrons. The maximum absolute atomic E-state index is 6.21. The van der Waals surface area contributed by atoms with Crippen molar-refractivity contribution in [2.24, 2.45) is 0 Å². The summed E-state index contributed by atoms with van der Waals surface area (Å²) in [6.07, 6.45) is 0. The van der Waals surface area contributed by atoms with Crippen LogP contribution < -0.4 is 0 Å². The first-order chi connectivity index (χ1) is 31.7. The number of hydrogen-bond acceptors (Lipinski definition) is 2. The van der Waals surface area contributed by atoms with Gasteiger partial charge < -0.3 is 13.6 Å². The molecule has 0 radical (unpaired) electrons. The molecule has 0 bridgehead atoms. The summed E-state index contributed by atoms with van der Waals surface area (Å²) >= 11 is 1.89. The Morgan fingerprint density at radius 3 is 1.59 bits per heavy atom. The van der Waals surface area contributed by atoms with E-state index in [1.54, 1.807) is 0 Å². The molecule has 0 saturated carbocycles. The van der Waals surface area contributed by atoms with Gasteiger partial charge in [-0.15, -0.1) is 11.3 Å². The topological polar surface area (TPSA) is 23.0 Å². The summed E-state index contributed by atoms with van der Waals surface area (Å²) in [5, 5.41) is 9.84. The van der Waals surface area contributed by atoms with Crippen LogP contribution in [0, 0.1) is 0 Å². The van der Waals surface area contributed by atoms with Crippen molar-refractivity contribution >= 4 is 97.1 Å². The molecule has 4 heterocycles. The van der Waals surface area contributed by atoms with E-state index in [1.807, 2.05) is 23.5 Å². The van der Waals surface area contributed by atoms with Crippen LogP contribution in [0.5, 0.6) is 0 Å². The minimum Gasteiger partial charge on any atom is -0.456 e. The Morgan fingerprint density at radius 1 is 0.297 bits per heavy atom. The van der Waals surface area contributed by atoms with Crippen molar-refractivity contribution in [2.75, 3.05) is 0 Å². The quantitative estimate of drug-likeness (QED) is 0.169. The van der Waals surface area contributed by atoms with Gasteiger partial charge in [0.25, 0.3) is 0 Å². The van der Waals surface area contributed by atoms with Crippen molar-refractivity contribution in [1.82, 2.24) is 9.13 Å². The summed E-state index contributed by atoms with van der Waals surface area (Å²) in [5.74, 6) is 0. The maximum Gasteiger partial charge on any atom is 0.135 e. The number of fused-ring (bicyclic) bond motifs is 13. The fraction of sp³-hybridized carbons (Fsp3) is 0. The molecule has 3 nitrogen and oxygen atoms in total. The molecule has 0 aliphatic carbocycles. The molecule has 0 fully saturated rings. The first-order valence-electron chi connectivity index (χ1n) is 21.8. The molecule has 0 N–H and O–H groups in total. The fourth-order valence-electron chi connectivity index (χ4n) is 10.3. The molecule has 64 heavy (non-hydrogen) atoms. The van der Waals surface area contributed by atoms with Crippen molar-refractivity contribution in [3.05, 3.63) is 218 Å². The van der Waals surface area contributed by atoms with Gasteiger partial charge in [0.15, 0.2) is 0 Å². The minimum atomic E-state index is 0.903. The predicted molar refractivity (Wildman–Crippen MR) is 272 cm³/mol. The van der Waals surface area contributed by atoms with Crippen molar-refractivity contribution in [1.29, 1.82) is 0 Å². The van der Waals surface area contributed by atoms with Crippen LogP contribution in [-0.2, 0) is 0 Å². The average Bonchev–Trinajstić information content (AvgIpc) is 4.11. The lowest BCUT2D eigenvalue weighted by Gasteiger charge is -2.11. The van der Waals surface area contributed by atoms with E-state index in [-0.39, 0.29) is 0 Å². The molecule has 0 spiro atoms. The van der Waals surface area contributed by atoms with E-state index in [0.29, 0.717) is 0 Å². The maximum atomic E-state index is 6.21. The number of aromatic nitrogens is 2. The zero-order valence-electron chi connectivity index (χ0n) is 34.5. The normalized spacial score (nSPS) is 12.1. The van der Waals surface area contributed by atoms with Crippen LogP contribution >= 0.6 is 11.3 Å². The second-order valence-corrected chi connectivity index (χ2v) is 17.9. The predicted octanol–water partition coefficient (Wildman–Crippen LogP) is 17.1. The molecule has 4 aromatic heterocycles. The smallest absolute Gasteiger partial charge is 0.135 e. The van der Waals surface area contributed by atoms with Gasteiger partial charge in [-0.3, -0.25) is 0 Å². The molecule has 0 amide bonds. The summed E-state index contributed by atoms with van der Waals surface area (Å²) in [5.41, 5.74) is 16.2. The number of benzene rings is 10. The van der Waals surface area contributed by atoms with Crippen molar-refractivity contribution < 1.29 is 4.42 Å². The monoisotopic (exact) mass is 832 g/mol. The van der Waals surface area contributed by atoms with E-state index in [1.165, 1.54) is 97.2 Å². The number of para-hydroxylation sites is 2. The number of furan rings is 1. The summed E-state index contributed by atoms with van der Waals surface area (Å²) in [6.45, 7) is 0. The van der Waals surface area contributed by atoms with Gasteiger partial charge in [-0.2, -0.15) is 0 Å². The molecule has 0 aliphatic rings. The highest BCUT2D eigenvalue weighted by Crippen LogP contribution is 2.45. The first kappa shape index (κ1) is 35.4. The molecule has 0 atom stereocenters. The van der Waals surface area contributed by atoms with Gasteiger partial charge in [-0.25, -0.2) is 0 Å². The lowest BCUT2D eigenvalue weighted by Crippen LogP contribution is -1.94. The summed E-state index contributed by atoms with van der Waals surface area (Å²) in [6, 6.07) is 79.7. The van der Waals surface area contributed by atoms with Gasteiger partial charge in [0.05, 0.1) is 26.8 Å². The molecule has 4 heteroatoms. The van der Waals surface area contributed by atoms with Crippen LogP contribution in [0.1, 0.15) is 0 Å². The Hall–Kier alpha value is -8.18.